The summed E-state index contributed by atoms with van der Waals surface area (Å²) in [6, 6.07) is 3.19. The number of amides is 2. The molecule has 178 valence electrons. The Morgan fingerprint density at radius 1 is 1.03 bits per heavy atom. The minimum atomic E-state index is -5.15. The van der Waals surface area contributed by atoms with E-state index in [1.54, 1.807) is 0 Å². The monoisotopic (exact) mass is 475 g/mol. The molecule has 0 aliphatic heterocycles. The number of fused-ring (bicyclic) bond motifs is 1. The van der Waals surface area contributed by atoms with Gasteiger partial charge in [-0.2, -0.15) is 26.3 Å². The molecule has 0 saturated heterocycles. The van der Waals surface area contributed by atoms with Gasteiger partial charge in [-0.15, -0.1) is 0 Å². The number of benzene rings is 1. The predicted octanol–water partition coefficient (Wildman–Crippen LogP) is 4.13. The Labute approximate surface area is 184 Å². The van der Waals surface area contributed by atoms with Crippen LogP contribution in [-0.4, -0.2) is 36.2 Å². The van der Waals surface area contributed by atoms with Crippen molar-refractivity contribution in [3.8, 4) is 0 Å². The second-order valence-corrected chi connectivity index (χ2v) is 7.33. The molecule has 1 aliphatic rings. The van der Waals surface area contributed by atoms with Gasteiger partial charge in [-0.1, -0.05) is 6.07 Å². The van der Waals surface area contributed by atoms with Gasteiger partial charge in [0, 0.05) is 18.4 Å². The molecule has 0 fully saturated rings. The number of nitrogens with one attached hydrogen (secondary N) is 2. The Morgan fingerprint density at radius 3 is 2.36 bits per heavy atom. The van der Waals surface area contributed by atoms with Crippen LogP contribution < -0.4 is 10.6 Å². The molecule has 1 unspecified atom stereocenters. The molecule has 1 heterocycles. The summed E-state index contributed by atoms with van der Waals surface area (Å²) < 4.78 is 84.4. The van der Waals surface area contributed by atoms with Gasteiger partial charge < -0.3 is 15.4 Å². The number of carbonyl (C=O) groups is 2. The molecule has 1 aromatic carbocycles. The number of carbonyl (C=O) groups excluding carboxylic acids is 2. The standard InChI is InChI=1S/C21H19F6N3O3/c22-20(23,24)16-4-1-13-11-14(2-3-15(13)17(16)21(25,26)27)30-19(32)29-9-10-33-18(31)12-5-7-28-8-6-12/h1,4-8,14H,2-3,9-11H2,(H2,29,30,32). The number of pyridine rings is 1. The first-order valence-corrected chi connectivity index (χ1v) is 9.87. The molecule has 2 amide bonds. The van der Waals surface area contributed by atoms with Crippen LogP contribution in [0, 0.1) is 0 Å². The Bertz CT molecular complexity index is 1010. The minimum Gasteiger partial charge on any atom is -0.460 e. The number of halogens is 6. The van der Waals surface area contributed by atoms with E-state index in [0.717, 1.165) is 6.07 Å². The fourth-order valence-electron chi connectivity index (χ4n) is 3.65. The molecule has 3 rings (SSSR count). The van der Waals surface area contributed by atoms with Crippen LogP contribution in [0.5, 0.6) is 0 Å². The van der Waals surface area contributed by atoms with E-state index in [9.17, 15) is 35.9 Å². The van der Waals surface area contributed by atoms with E-state index in [4.69, 9.17) is 4.74 Å². The molecule has 2 aromatic rings. The molecule has 0 radical (unpaired) electrons. The van der Waals surface area contributed by atoms with E-state index in [0.29, 0.717) is 11.6 Å². The summed E-state index contributed by atoms with van der Waals surface area (Å²) in [5.41, 5.74) is -3.36. The summed E-state index contributed by atoms with van der Waals surface area (Å²) in [5.74, 6) is -0.595. The first-order chi connectivity index (χ1) is 15.5. The molecule has 0 saturated carbocycles. The lowest BCUT2D eigenvalue weighted by Gasteiger charge is -2.29. The normalized spacial score (nSPS) is 16.0. The van der Waals surface area contributed by atoms with Crippen molar-refractivity contribution in [2.24, 2.45) is 0 Å². The molecule has 6 nitrogen and oxygen atoms in total. The summed E-state index contributed by atoms with van der Waals surface area (Å²) in [6.45, 7) is -0.129. The number of rotatable bonds is 5. The van der Waals surface area contributed by atoms with Gasteiger partial charge >= 0.3 is 24.4 Å². The van der Waals surface area contributed by atoms with E-state index in [-0.39, 0.29) is 43.5 Å². The van der Waals surface area contributed by atoms with E-state index < -0.39 is 41.5 Å². The number of hydrogen-bond donors (Lipinski definition) is 2. The second-order valence-electron chi connectivity index (χ2n) is 7.33. The van der Waals surface area contributed by atoms with Crippen LogP contribution in [0.15, 0.2) is 36.7 Å². The molecular formula is C21H19F6N3O3. The van der Waals surface area contributed by atoms with Gasteiger partial charge in [0.15, 0.2) is 0 Å². The summed E-state index contributed by atoms with van der Waals surface area (Å²) in [4.78, 5) is 27.6. The van der Waals surface area contributed by atoms with Crippen LogP contribution in [0.4, 0.5) is 31.1 Å². The van der Waals surface area contributed by atoms with Gasteiger partial charge in [0.1, 0.15) is 6.61 Å². The fourth-order valence-corrected chi connectivity index (χ4v) is 3.65. The van der Waals surface area contributed by atoms with E-state index in [1.165, 1.54) is 24.5 Å². The molecule has 2 N–H and O–H groups in total. The van der Waals surface area contributed by atoms with Crippen LogP contribution in [0.1, 0.15) is 39.0 Å². The molecule has 0 spiro atoms. The number of nitrogens with zero attached hydrogens (tertiary/aromatic N) is 1. The summed E-state index contributed by atoms with van der Waals surface area (Å²) >= 11 is 0. The highest BCUT2D eigenvalue weighted by atomic mass is 19.4. The van der Waals surface area contributed by atoms with E-state index in [2.05, 4.69) is 15.6 Å². The van der Waals surface area contributed by atoms with Crippen LogP contribution >= 0.6 is 0 Å². The first-order valence-electron chi connectivity index (χ1n) is 9.87. The lowest BCUT2D eigenvalue weighted by molar-refractivity contribution is -0.162. The minimum absolute atomic E-state index is 0.0148. The smallest absolute Gasteiger partial charge is 0.417 e. The number of aromatic nitrogens is 1. The van der Waals surface area contributed by atoms with Crippen LogP contribution in [0.3, 0.4) is 0 Å². The maximum Gasteiger partial charge on any atom is 0.417 e. The third-order valence-electron chi connectivity index (χ3n) is 5.08. The fraction of sp³-hybridized carbons (Fsp3) is 0.381. The SMILES string of the molecule is O=C(NCCOC(=O)c1ccncc1)NC1CCc2c(ccc(C(F)(F)F)c2C(F)(F)F)C1. The first kappa shape index (κ1) is 24.3. The highest BCUT2D eigenvalue weighted by Crippen LogP contribution is 2.44. The van der Waals surface area contributed by atoms with Gasteiger partial charge in [-0.25, -0.2) is 9.59 Å². The van der Waals surface area contributed by atoms with Gasteiger partial charge in [-0.05, 0) is 48.6 Å². The zero-order chi connectivity index (χ0) is 24.2. The van der Waals surface area contributed by atoms with Gasteiger partial charge in [0.05, 0.1) is 23.2 Å². The number of hydrogen-bond acceptors (Lipinski definition) is 4. The lowest BCUT2D eigenvalue weighted by Crippen LogP contribution is -2.45. The van der Waals surface area contributed by atoms with Crippen molar-refractivity contribution in [1.29, 1.82) is 0 Å². The molecule has 12 heteroatoms. The van der Waals surface area contributed by atoms with Crippen LogP contribution in [-0.2, 0) is 29.9 Å². The van der Waals surface area contributed by atoms with Crippen molar-refractivity contribution < 1.29 is 40.7 Å². The highest BCUT2D eigenvalue weighted by Gasteiger charge is 2.45. The maximum atomic E-state index is 13.4. The second kappa shape index (κ2) is 9.67. The third kappa shape index (κ3) is 6.14. The quantitative estimate of drug-likeness (QED) is 0.387. The van der Waals surface area contributed by atoms with Gasteiger partial charge in [-0.3, -0.25) is 4.98 Å². The van der Waals surface area contributed by atoms with Crippen molar-refractivity contribution >= 4 is 12.0 Å². The highest BCUT2D eigenvalue weighted by molar-refractivity contribution is 5.89. The van der Waals surface area contributed by atoms with Crippen molar-refractivity contribution in [2.45, 2.75) is 37.7 Å². The average Bonchev–Trinajstić information content (AvgIpc) is 2.75. The summed E-state index contributed by atoms with van der Waals surface area (Å²) in [7, 11) is 0. The number of alkyl halides is 6. The topological polar surface area (TPSA) is 80.3 Å². The molecule has 1 aliphatic carbocycles. The average molecular weight is 475 g/mol. The maximum absolute atomic E-state index is 13.4. The zero-order valence-electron chi connectivity index (χ0n) is 17.0. The number of urea groups is 1. The Kier molecular flexibility index (Phi) is 7.13. The van der Waals surface area contributed by atoms with Crippen molar-refractivity contribution in [3.05, 3.63) is 64.5 Å². The molecule has 33 heavy (non-hydrogen) atoms. The molecular weight excluding hydrogens is 456 g/mol. The summed E-state index contributed by atoms with van der Waals surface area (Å²) in [5, 5.41) is 5.04. The zero-order valence-corrected chi connectivity index (χ0v) is 17.0. The van der Waals surface area contributed by atoms with Crippen molar-refractivity contribution in [1.82, 2.24) is 15.6 Å². The Morgan fingerprint density at radius 2 is 1.73 bits per heavy atom. The third-order valence-corrected chi connectivity index (χ3v) is 5.08. The predicted molar refractivity (Wildman–Crippen MR) is 103 cm³/mol. The van der Waals surface area contributed by atoms with Crippen LogP contribution in [0.25, 0.3) is 0 Å². The number of ether oxygens (including phenoxy) is 1. The largest absolute Gasteiger partial charge is 0.460 e. The van der Waals surface area contributed by atoms with Crippen LogP contribution in [0.2, 0.25) is 0 Å². The van der Waals surface area contributed by atoms with Crippen molar-refractivity contribution in [3.63, 3.8) is 0 Å². The summed E-state index contributed by atoms with van der Waals surface area (Å²) in [6.07, 6.45) is -7.69. The lowest BCUT2D eigenvalue weighted by atomic mass is 9.83. The number of esters is 1. The Hall–Kier alpha value is -3.31. The van der Waals surface area contributed by atoms with Gasteiger partial charge in [0.25, 0.3) is 0 Å². The van der Waals surface area contributed by atoms with Crippen molar-refractivity contribution in [2.75, 3.05) is 13.2 Å². The molecule has 0 bridgehead atoms. The van der Waals surface area contributed by atoms with E-state index >= 15 is 0 Å². The molecule has 1 aromatic heterocycles. The van der Waals surface area contributed by atoms with Gasteiger partial charge in [0.2, 0.25) is 0 Å². The van der Waals surface area contributed by atoms with E-state index in [1.807, 2.05) is 0 Å². The Balaban J connectivity index is 1.55. The molecule has 1 atom stereocenters.